The molecule has 2 aromatic heterocycles. The van der Waals surface area contributed by atoms with Crippen LogP contribution in [0.25, 0.3) is 10.9 Å². The summed E-state index contributed by atoms with van der Waals surface area (Å²) in [4.78, 5) is 160. The van der Waals surface area contributed by atoms with Gasteiger partial charge in [0.2, 0.25) is 65.0 Å². The monoisotopic (exact) mass is 1360 g/mol. The van der Waals surface area contributed by atoms with Crippen molar-refractivity contribution in [1.82, 2.24) is 62.8 Å². The second-order valence-electron chi connectivity index (χ2n) is 24.7. The van der Waals surface area contributed by atoms with E-state index in [0.717, 1.165) is 0 Å². The number of para-hydroxylation sites is 1. The second-order valence-corrected chi connectivity index (χ2v) is 24.7. The van der Waals surface area contributed by atoms with Crippen LogP contribution in [-0.2, 0) is 90.9 Å². The third kappa shape index (κ3) is 30.8. The first-order valence-electron chi connectivity index (χ1n) is 32.7. The molecular formula is C66H101N15O16. The van der Waals surface area contributed by atoms with Crippen LogP contribution in [0, 0.1) is 17.8 Å². The lowest BCUT2D eigenvalue weighted by atomic mass is 9.96. The number of hydrogen-bond donors (Lipinski definition) is 15. The maximum atomic E-state index is 14.5. The van der Waals surface area contributed by atoms with E-state index in [0.29, 0.717) is 67.3 Å². The van der Waals surface area contributed by atoms with Gasteiger partial charge in [0, 0.05) is 67.6 Å². The highest BCUT2D eigenvalue weighted by Crippen LogP contribution is 2.20. The number of aliphatic hydroxyl groups is 1. The standard InChI is InChI=1S/C66H101N15O16/c1-39(2)29-49(54(82)34-57(85)75-50(60(69)87)30-40(3)4)79-65(92)53(33-45-36-70-38-73-45)77-58(86)37-72-66(93)59(41(5)6)81-61(88)42(7)74-63(90)52(32-44-35-71-47-16-12-11-15-46(44)47)80-62(89)48(17-18-55(68)83)78-64(91)51(31-43-13-9-8-10-14-43)76-56(84)19-21-94-23-25-96-27-28-97-26-24-95-22-20-67/h8-16,35-36,38-42,48-54,59,71,82H,17-34,37,67H2,1-7H3,(H2,68,83)(H2,69,87)(H,70,73)(H,72,93)(H,74,90)(H,75,85)(H,76,84)(H,77,86)(H,78,91)(H,79,92)(H,80,89)(H,81,88)/t42-,48-,49-,50-,51+,52-,53-,54-,59-/m0/s1. The Labute approximate surface area is 565 Å². The maximum absolute atomic E-state index is 14.5. The highest BCUT2D eigenvalue weighted by molar-refractivity contribution is 5.98. The van der Waals surface area contributed by atoms with E-state index in [9.17, 15) is 57.8 Å². The van der Waals surface area contributed by atoms with E-state index in [1.165, 1.54) is 19.4 Å². The molecular weight excluding hydrogens is 1260 g/mol. The van der Waals surface area contributed by atoms with Crippen LogP contribution in [0.5, 0.6) is 0 Å². The molecule has 2 aromatic carbocycles. The number of amides is 11. The number of nitrogens with one attached hydrogen (secondary N) is 11. The molecule has 0 aliphatic carbocycles. The number of ether oxygens (including phenoxy) is 4. The average Bonchev–Trinajstić information content (AvgIpc) is 1.70. The molecule has 0 bridgehead atoms. The predicted molar refractivity (Wildman–Crippen MR) is 358 cm³/mol. The van der Waals surface area contributed by atoms with Gasteiger partial charge in [-0.2, -0.15) is 0 Å². The highest BCUT2D eigenvalue weighted by Gasteiger charge is 2.35. The molecule has 0 saturated heterocycles. The topological polar surface area (TPSA) is 476 Å². The van der Waals surface area contributed by atoms with Gasteiger partial charge in [0.25, 0.3) is 0 Å². The van der Waals surface area contributed by atoms with Crippen molar-refractivity contribution in [2.24, 2.45) is 35.0 Å². The van der Waals surface area contributed by atoms with Crippen molar-refractivity contribution in [3.05, 3.63) is 90.1 Å². The van der Waals surface area contributed by atoms with E-state index in [1.807, 2.05) is 33.8 Å². The minimum absolute atomic E-state index is 0.00638. The van der Waals surface area contributed by atoms with Crippen LogP contribution in [0.4, 0.5) is 0 Å². The van der Waals surface area contributed by atoms with Crippen molar-refractivity contribution in [2.45, 2.75) is 161 Å². The lowest BCUT2D eigenvalue weighted by Gasteiger charge is -2.28. The highest BCUT2D eigenvalue weighted by atomic mass is 16.6. The smallest absolute Gasteiger partial charge is 0.243 e. The van der Waals surface area contributed by atoms with Gasteiger partial charge in [0.1, 0.15) is 42.3 Å². The largest absolute Gasteiger partial charge is 0.390 e. The first-order chi connectivity index (χ1) is 46.2. The molecule has 0 aliphatic rings. The van der Waals surface area contributed by atoms with Crippen LogP contribution < -0.4 is 65.1 Å². The molecule has 11 amide bonds. The first-order valence-corrected chi connectivity index (χ1v) is 32.7. The maximum Gasteiger partial charge on any atom is 0.243 e. The number of hydrogen-bond acceptors (Lipinski definition) is 18. The Morgan fingerprint density at radius 1 is 0.536 bits per heavy atom. The molecule has 0 fully saturated rings. The molecule has 0 unspecified atom stereocenters. The zero-order valence-electron chi connectivity index (χ0n) is 56.5. The van der Waals surface area contributed by atoms with Crippen LogP contribution in [0.15, 0.2) is 73.3 Å². The van der Waals surface area contributed by atoms with Crippen molar-refractivity contribution >= 4 is 75.9 Å². The molecule has 0 radical (unpaired) electrons. The Morgan fingerprint density at radius 3 is 1.70 bits per heavy atom. The summed E-state index contributed by atoms with van der Waals surface area (Å²) in [6.07, 6.45) is 1.93. The predicted octanol–water partition coefficient (Wildman–Crippen LogP) is -1.40. The zero-order chi connectivity index (χ0) is 71.4. The van der Waals surface area contributed by atoms with Crippen LogP contribution in [0.3, 0.4) is 0 Å². The Morgan fingerprint density at radius 2 is 1.09 bits per heavy atom. The number of fused-ring (bicyclic) bond motifs is 1. The van der Waals surface area contributed by atoms with E-state index < -0.39 is 138 Å². The summed E-state index contributed by atoms with van der Waals surface area (Å²) in [5.41, 5.74) is 18.9. The van der Waals surface area contributed by atoms with Crippen molar-refractivity contribution in [3.8, 4) is 0 Å². The molecule has 31 nitrogen and oxygen atoms in total. The van der Waals surface area contributed by atoms with Crippen molar-refractivity contribution < 1.29 is 76.8 Å². The minimum atomic E-state index is -1.49. The Bertz CT molecular complexity index is 3130. The number of primary amides is 2. The number of nitrogens with zero attached hydrogens (tertiary/aromatic N) is 1. The number of rotatable bonds is 48. The van der Waals surface area contributed by atoms with Gasteiger partial charge in [-0.25, -0.2) is 4.98 Å². The fourth-order valence-corrected chi connectivity index (χ4v) is 10.1. The SMILES string of the molecule is CC(C)C[C@H](NC(=O)C[C@H](O)[C@H](CC(C)C)NC(=O)[C@H](Cc1cnc[nH]1)NC(=O)CNC(=O)[C@@H](NC(=O)[C@H](C)NC(=O)[C@H](Cc1c[nH]c2ccccc12)NC(=O)[C@H](CCC(N)=O)NC(=O)[C@@H](Cc1ccccc1)NC(=O)CCOCCOCCOCCOCCN)C(C)C)C(N)=O. The summed E-state index contributed by atoms with van der Waals surface area (Å²) in [7, 11) is 0. The van der Waals surface area contributed by atoms with Crippen LogP contribution >= 0.6 is 0 Å². The summed E-state index contributed by atoms with van der Waals surface area (Å²) in [5, 5.41) is 35.8. The number of carbonyl (C=O) groups is 11. The van der Waals surface area contributed by atoms with E-state index in [4.69, 9.17) is 36.1 Å². The molecule has 0 saturated carbocycles. The summed E-state index contributed by atoms with van der Waals surface area (Å²) < 4.78 is 21.8. The molecule has 536 valence electrons. The molecule has 18 N–H and O–H groups in total. The van der Waals surface area contributed by atoms with Gasteiger partial charge in [-0.05, 0) is 61.1 Å². The van der Waals surface area contributed by atoms with Gasteiger partial charge >= 0.3 is 0 Å². The van der Waals surface area contributed by atoms with Crippen molar-refractivity contribution in [3.63, 3.8) is 0 Å². The Hall–Kier alpha value is -8.88. The molecule has 2 heterocycles. The van der Waals surface area contributed by atoms with Crippen LogP contribution in [0.1, 0.15) is 104 Å². The molecule has 0 aliphatic heterocycles. The van der Waals surface area contributed by atoms with Gasteiger partial charge < -0.3 is 99.1 Å². The normalized spacial score (nSPS) is 14.2. The van der Waals surface area contributed by atoms with Gasteiger partial charge in [-0.1, -0.05) is 90.1 Å². The van der Waals surface area contributed by atoms with E-state index in [1.54, 1.807) is 68.6 Å². The number of nitrogens with two attached hydrogens (primary N) is 3. The van der Waals surface area contributed by atoms with Crippen molar-refractivity contribution in [2.75, 3.05) is 65.9 Å². The van der Waals surface area contributed by atoms with Gasteiger partial charge in [0.05, 0.1) is 84.3 Å². The summed E-state index contributed by atoms with van der Waals surface area (Å²) >= 11 is 0. The molecule has 31 heteroatoms. The van der Waals surface area contributed by atoms with Crippen LogP contribution in [0.2, 0.25) is 0 Å². The molecule has 4 aromatic rings. The third-order valence-corrected chi connectivity index (χ3v) is 15.2. The summed E-state index contributed by atoms with van der Waals surface area (Å²) in [6.45, 7) is 14.1. The Balaban J connectivity index is 1.45. The number of aliphatic hydroxyl groups excluding tert-OH is 1. The quantitative estimate of drug-likeness (QED) is 0.0226. The van der Waals surface area contributed by atoms with Gasteiger partial charge in [-0.3, -0.25) is 52.7 Å². The lowest BCUT2D eigenvalue weighted by Crippen LogP contribution is -2.60. The van der Waals surface area contributed by atoms with Gasteiger partial charge in [-0.15, -0.1) is 0 Å². The number of imidazole rings is 1. The number of aromatic amines is 2. The van der Waals surface area contributed by atoms with Crippen molar-refractivity contribution in [1.29, 1.82) is 0 Å². The third-order valence-electron chi connectivity index (χ3n) is 15.2. The fourth-order valence-electron chi connectivity index (χ4n) is 10.1. The van der Waals surface area contributed by atoms with Crippen LogP contribution in [-0.4, -0.2) is 205 Å². The average molecular weight is 1360 g/mol. The number of benzene rings is 2. The zero-order valence-corrected chi connectivity index (χ0v) is 56.5. The lowest BCUT2D eigenvalue weighted by molar-refractivity contribution is -0.135. The number of aromatic nitrogens is 3. The molecule has 97 heavy (non-hydrogen) atoms. The van der Waals surface area contributed by atoms with Gasteiger partial charge in [0.15, 0.2) is 0 Å². The Kier molecular flexibility index (Phi) is 36.0. The summed E-state index contributed by atoms with van der Waals surface area (Å²) in [6, 6.07) is 5.87. The summed E-state index contributed by atoms with van der Waals surface area (Å²) in [5.74, 6) is -9.16. The first kappa shape index (κ1) is 80.6. The van der Waals surface area contributed by atoms with E-state index in [-0.39, 0.29) is 83.0 Å². The second kappa shape index (κ2) is 43.3. The molecule has 9 atom stereocenters. The fraction of sp³-hybridized carbons (Fsp3) is 0.576. The number of carbonyl (C=O) groups excluding carboxylic acids is 11. The van der Waals surface area contributed by atoms with E-state index in [2.05, 4.69) is 62.8 Å². The molecule has 4 rings (SSSR count). The number of H-pyrrole nitrogens is 2. The van der Waals surface area contributed by atoms with E-state index >= 15 is 0 Å². The molecule has 0 spiro atoms. The minimum Gasteiger partial charge on any atom is -0.390 e.